The summed E-state index contributed by atoms with van der Waals surface area (Å²) < 4.78 is 5.93. The minimum atomic E-state index is 0.119. The van der Waals surface area contributed by atoms with E-state index in [4.69, 9.17) is 4.74 Å². The van der Waals surface area contributed by atoms with E-state index in [1.165, 1.54) is 69.8 Å². The Morgan fingerprint density at radius 2 is 1.58 bits per heavy atom. The molecule has 0 heterocycles. The van der Waals surface area contributed by atoms with Crippen molar-refractivity contribution >= 4 is 5.97 Å². The summed E-state index contributed by atoms with van der Waals surface area (Å²) >= 11 is 0. The number of rotatable bonds is 7. The zero-order valence-corrected chi connectivity index (χ0v) is 16.1. The summed E-state index contributed by atoms with van der Waals surface area (Å²) in [5.41, 5.74) is 1.24. The van der Waals surface area contributed by atoms with Crippen molar-refractivity contribution in [3.63, 3.8) is 0 Å². The Labute approximate surface area is 158 Å². The molecule has 4 rings (SSSR count). The SMILES string of the molecule is O=C(OCC1=CC=CC1)C(C1CCCC1)C(C1CC=CC1)C1CCCC1. The number of esters is 1. The molecule has 4 aliphatic rings. The van der Waals surface area contributed by atoms with Gasteiger partial charge in [0, 0.05) is 0 Å². The Hall–Kier alpha value is -1.31. The van der Waals surface area contributed by atoms with Gasteiger partial charge in [-0.2, -0.15) is 0 Å². The van der Waals surface area contributed by atoms with E-state index in [0.29, 0.717) is 24.4 Å². The molecule has 2 fully saturated rings. The van der Waals surface area contributed by atoms with Gasteiger partial charge in [0.1, 0.15) is 6.61 Å². The molecule has 0 bridgehead atoms. The third-order valence-corrected chi connectivity index (χ3v) is 7.38. The molecule has 0 radical (unpaired) electrons. The highest BCUT2D eigenvalue weighted by Gasteiger charge is 2.45. The van der Waals surface area contributed by atoms with E-state index < -0.39 is 0 Å². The van der Waals surface area contributed by atoms with Crippen LogP contribution in [0.2, 0.25) is 0 Å². The van der Waals surface area contributed by atoms with Gasteiger partial charge in [0.2, 0.25) is 0 Å². The second-order valence-corrected chi connectivity index (χ2v) is 8.96. The summed E-state index contributed by atoms with van der Waals surface area (Å²) in [6, 6.07) is 0. The smallest absolute Gasteiger partial charge is 0.309 e. The minimum absolute atomic E-state index is 0.119. The molecular formula is C24H34O2. The first-order valence-corrected chi connectivity index (χ1v) is 11.0. The monoisotopic (exact) mass is 354 g/mol. The van der Waals surface area contributed by atoms with Gasteiger partial charge in [-0.1, -0.05) is 68.9 Å². The van der Waals surface area contributed by atoms with Gasteiger partial charge in [-0.3, -0.25) is 4.79 Å². The van der Waals surface area contributed by atoms with Crippen LogP contribution in [0.5, 0.6) is 0 Å². The van der Waals surface area contributed by atoms with Crippen LogP contribution in [-0.4, -0.2) is 12.6 Å². The topological polar surface area (TPSA) is 26.3 Å². The molecule has 4 aliphatic carbocycles. The molecule has 2 heteroatoms. The Morgan fingerprint density at radius 1 is 0.923 bits per heavy atom. The molecule has 2 unspecified atom stereocenters. The van der Waals surface area contributed by atoms with Crippen molar-refractivity contribution in [3.8, 4) is 0 Å². The normalized spacial score (nSPS) is 26.5. The van der Waals surface area contributed by atoms with Crippen LogP contribution in [0.25, 0.3) is 0 Å². The third-order valence-electron chi connectivity index (χ3n) is 7.38. The number of carbonyl (C=O) groups excluding carboxylic acids is 1. The van der Waals surface area contributed by atoms with E-state index in [1.54, 1.807) is 0 Å². The first-order valence-electron chi connectivity index (χ1n) is 11.0. The van der Waals surface area contributed by atoms with E-state index in [1.807, 2.05) is 0 Å². The van der Waals surface area contributed by atoms with Gasteiger partial charge >= 0.3 is 5.97 Å². The lowest BCUT2D eigenvalue weighted by Crippen LogP contribution is -2.39. The predicted molar refractivity (Wildman–Crippen MR) is 106 cm³/mol. The molecule has 0 aliphatic heterocycles. The molecule has 0 spiro atoms. The molecule has 0 aromatic rings. The number of carbonyl (C=O) groups is 1. The second kappa shape index (κ2) is 8.59. The molecule has 2 atom stereocenters. The van der Waals surface area contributed by atoms with Gasteiger partial charge in [0.15, 0.2) is 0 Å². The Balaban J connectivity index is 1.51. The molecule has 0 aromatic carbocycles. The van der Waals surface area contributed by atoms with Crippen LogP contribution < -0.4 is 0 Å². The standard InChI is InChI=1S/C24H34O2/c25-24(26-17-18-9-1-2-10-18)23(21-15-7-8-16-21)22(19-11-3-4-12-19)20-13-5-6-14-20/h1-4,9,19-23H,5-8,10-17H2. The quantitative estimate of drug-likeness (QED) is 0.414. The van der Waals surface area contributed by atoms with Crippen LogP contribution in [-0.2, 0) is 9.53 Å². The molecule has 0 N–H and O–H groups in total. The van der Waals surface area contributed by atoms with E-state index in [0.717, 1.165) is 12.3 Å². The van der Waals surface area contributed by atoms with Gasteiger partial charge in [-0.05, 0) is 61.3 Å². The summed E-state index contributed by atoms with van der Waals surface area (Å²) in [5.74, 6) is 2.77. The molecule has 0 saturated heterocycles. The van der Waals surface area contributed by atoms with Gasteiger partial charge < -0.3 is 4.74 Å². The number of ether oxygens (including phenoxy) is 1. The molecule has 26 heavy (non-hydrogen) atoms. The van der Waals surface area contributed by atoms with Gasteiger partial charge in [0.25, 0.3) is 0 Å². The molecular weight excluding hydrogens is 320 g/mol. The van der Waals surface area contributed by atoms with Crippen molar-refractivity contribution in [2.24, 2.45) is 29.6 Å². The van der Waals surface area contributed by atoms with E-state index in [9.17, 15) is 4.79 Å². The molecule has 0 amide bonds. The van der Waals surface area contributed by atoms with Crippen molar-refractivity contribution < 1.29 is 9.53 Å². The highest BCUT2D eigenvalue weighted by Crippen LogP contribution is 2.49. The number of hydrogen-bond donors (Lipinski definition) is 0. The first-order chi connectivity index (χ1) is 12.8. The zero-order chi connectivity index (χ0) is 17.8. The van der Waals surface area contributed by atoms with Crippen LogP contribution in [0.4, 0.5) is 0 Å². The number of allylic oxidation sites excluding steroid dienone is 5. The van der Waals surface area contributed by atoms with E-state index in [-0.39, 0.29) is 11.9 Å². The molecule has 2 nitrogen and oxygen atoms in total. The summed E-state index contributed by atoms with van der Waals surface area (Å²) in [4.78, 5) is 13.4. The lowest BCUT2D eigenvalue weighted by Gasteiger charge is -2.38. The molecule has 0 aromatic heterocycles. The van der Waals surface area contributed by atoms with Crippen LogP contribution in [0.3, 0.4) is 0 Å². The fourth-order valence-corrected chi connectivity index (χ4v) is 6.11. The Morgan fingerprint density at radius 3 is 2.19 bits per heavy atom. The summed E-state index contributed by atoms with van der Waals surface area (Å²) in [6.07, 6.45) is 24.7. The molecule has 142 valence electrons. The summed E-state index contributed by atoms with van der Waals surface area (Å²) in [5, 5.41) is 0. The van der Waals surface area contributed by atoms with Gasteiger partial charge in [-0.25, -0.2) is 0 Å². The van der Waals surface area contributed by atoms with Crippen molar-refractivity contribution in [3.05, 3.63) is 36.0 Å². The largest absolute Gasteiger partial charge is 0.461 e. The second-order valence-electron chi connectivity index (χ2n) is 8.96. The van der Waals surface area contributed by atoms with E-state index >= 15 is 0 Å². The number of hydrogen-bond acceptors (Lipinski definition) is 2. The van der Waals surface area contributed by atoms with Crippen molar-refractivity contribution in [1.29, 1.82) is 0 Å². The van der Waals surface area contributed by atoms with Gasteiger partial charge in [-0.15, -0.1) is 0 Å². The maximum atomic E-state index is 13.4. The summed E-state index contributed by atoms with van der Waals surface area (Å²) in [7, 11) is 0. The average Bonchev–Trinajstić information content (AvgIpc) is 3.44. The Kier molecular flexibility index (Phi) is 5.97. The average molecular weight is 355 g/mol. The fraction of sp³-hybridized carbons (Fsp3) is 0.708. The van der Waals surface area contributed by atoms with Crippen molar-refractivity contribution in [2.75, 3.05) is 6.61 Å². The lowest BCUT2D eigenvalue weighted by atomic mass is 9.67. The van der Waals surface area contributed by atoms with Crippen LogP contribution in [0.15, 0.2) is 36.0 Å². The highest BCUT2D eigenvalue weighted by molar-refractivity contribution is 5.73. The van der Waals surface area contributed by atoms with Gasteiger partial charge in [0.05, 0.1) is 5.92 Å². The predicted octanol–water partition coefficient (Wildman–Crippen LogP) is 5.99. The third kappa shape index (κ3) is 4.00. The van der Waals surface area contributed by atoms with Crippen LogP contribution in [0, 0.1) is 29.6 Å². The van der Waals surface area contributed by atoms with E-state index in [2.05, 4.69) is 30.4 Å². The van der Waals surface area contributed by atoms with Crippen LogP contribution >= 0.6 is 0 Å². The first kappa shape index (κ1) is 18.1. The molecule has 2 saturated carbocycles. The maximum absolute atomic E-state index is 13.4. The zero-order valence-electron chi connectivity index (χ0n) is 16.1. The van der Waals surface area contributed by atoms with Crippen molar-refractivity contribution in [1.82, 2.24) is 0 Å². The fourth-order valence-electron chi connectivity index (χ4n) is 6.11. The highest BCUT2D eigenvalue weighted by atomic mass is 16.5. The minimum Gasteiger partial charge on any atom is -0.461 e. The van der Waals surface area contributed by atoms with Crippen LogP contribution in [0.1, 0.15) is 70.6 Å². The maximum Gasteiger partial charge on any atom is 0.309 e. The Bertz CT molecular complexity index is 563. The van der Waals surface area contributed by atoms with Crippen molar-refractivity contribution in [2.45, 2.75) is 70.6 Å². The summed E-state index contributed by atoms with van der Waals surface area (Å²) in [6.45, 7) is 0.495. The lowest BCUT2D eigenvalue weighted by molar-refractivity contribution is -0.154.